The smallest absolute Gasteiger partial charge is 0.273 e. The Hall–Kier alpha value is -2.76. The van der Waals surface area contributed by atoms with Gasteiger partial charge >= 0.3 is 0 Å². The number of benzene rings is 1. The van der Waals surface area contributed by atoms with Crippen LogP contribution in [-0.4, -0.2) is 39.0 Å². The molecule has 2 atom stereocenters. The number of nitrogens with zero attached hydrogens (tertiary/aromatic N) is 4. The van der Waals surface area contributed by atoms with Crippen molar-refractivity contribution in [3.63, 3.8) is 0 Å². The van der Waals surface area contributed by atoms with E-state index in [-0.39, 0.29) is 11.3 Å². The number of likely N-dealkylation sites (tertiary alicyclic amines) is 1. The fourth-order valence-electron chi connectivity index (χ4n) is 5.14. The van der Waals surface area contributed by atoms with E-state index in [0.29, 0.717) is 30.0 Å². The lowest BCUT2D eigenvalue weighted by molar-refractivity contribution is 0.0773. The highest BCUT2D eigenvalue weighted by atomic mass is 16.5. The number of fused-ring (bicyclic) bond motifs is 2. The molecule has 1 saturated heterocycles. The molecule has 2 aromatic heterocycles. The molecular weight excluding hydrogens is 364 g/mol. The third-order valence-electron chi connectivity index (χ3n) is 6.53. The molecule has 0 spiro atoms. The zero-order valence-corrected chi connectivity index (χ0v) is 17.0. The molecule has 3 heterocycles. The van der Waals surface area contributed by atoms with Gasteiger partial charge < -0.3 is 9.42 Å². The fraction of sp³-hybridized carbons (Fsp3) is 0.478. The Kier molecular flexibility index (Phi) is 4.37. The predicted molar refractivity (Wildman–Crippen MR) is 110 cm³/mol. The number of carbonyl (C=O) groups excluding carboxylic acids is 1. The van der Waals surface area contributed by atoms with Crippen LogP contribution < -0.4 is 0 Å². The van der Waals surface area contributed by atoms with Gasteiger partial charge in [-0.25, -0.2) is 0 Å². The minimum atomic E-state index is -0.182. The normalized spacial score (nSPS) is 23.8. The molecule has 6 heteroatoms. The number of carbonyl (C=O) groups is 1. The fourth-order valence-corrected chi connectivity index (χ4v) is 5.14. The molecule has 0 N–H and O–H groups in total. The number of hydrogen-bond donors (Lipinski definition) is 0. The summed E-state index contributed by atoms with van der Waals surface area (Å²) in [7, 11) is 0. The molecule has 29 heavy (non-hydrogen) atoms. The second-order valence-electron chi connectivity index (χ2n) is 8.92. The van der Waals surface area contributed by atoms with E-state index >= 15 is 0 Å². The summed E-state index contributed by atoms with van der Waals surface area (Å²) in [5, 5.41) is 6.31. The van der Waals surface area contributed by atoms with Crippen molar-refractivity contribution in [3.05, 3.63) is 53.9 Å². The Morgan fingerprint density at radius 2 is 2.17 bits per heavy atom. The van der Waals surface area contributed by atoms with Crippen LogP contribution in [0.5, 0.6) is 0 Å². The van der Waals surface area contributed by atoms with Crippen molar-refractivity contribution in [1.82, 2.24) is 20.0 Å². The Morgan fingerprint density at radius 3 is 3.03 bits per heavy atom. The second kappa shape index (κ2) is 6.94. The lowest BCUT2D eigenvalue weighted by Gasteiger charge is -2.24. The summed E-state index contributed by atoms with van der Waals surface area (Å²) in [4.78, 5) is 24.6. The lowest BCUT2D eigenvalue weighted by Crippen LogP contribution is -2.35. The summed E-state index contributed by atoms with van der Waals surface area (Å²) in [6.07, 6.45) is 5.76. The molecule has 2 fully saturated rings. The molecule has 1 saturated carbocycles. The zero-order valence-electron chi connectivity index (χ0n) is 17.0. The first kappa shape index (κ1) is 18.3. The molecular formula is C23H26N4O2. The van der Waals surface area contributed by atoms with Crippen LogP contribution in [0.1, 0.15) is 55.3 Å². The van der Waals surface area contributed by atoms with E-state index in [1.807, 2.05) is 35.2 Å². The average molecular weight is 390 g/mol. The van der Waals surface area contributed by atoms with E-state index in [1.54, 1.807) is 6.20 Å². The Bertz CT molecular complexity index is 1050. The first-order chi connectivity index (χ1) is 14.1. The second-order valence-corrected chi connectivity index (χ2v) is 8.92. The van der Waals surface area contributed by atoms with Gasteiger partial charge in [0.1, 0.15) is 5.69 Å². The van der Waals surface area contributed by atoms with Crippen molar-refractivity contribution in [2.45, 2.75) is 44.9 Å². The standard InChI is InChI=1S/C23H26N4O2/c1-15(2)12-19-25-22(26-29-19)23-10-5-7-17(23)13-27(14-23)21(28)20-18-8-4-3-6-16(18)9-11-24-20/h3-4,6,8-9,11,15,17H,5,7,10,12-14H2,1-2H3/t17-,23-/m1/s1. The maximum Gasteiger partial charge on any atom is 0.273 e. The predicted octanol–water partition coefficient (Wildman–Crippen LogP) is 4.01. The zero-order chi connectivity index (χ0) is 20.0. The average Bonchev–Trinajstić information content (AvgIpc) is 3.41. The van der Waals surface area contributed by atoms with E-state index in [4.69, 9.17) is 9.51 Å². The van der Waals surface area contributed by atoms with Crippen molar-refractivity contribution in [2.24, 2.45) is 11.8 Å². The van der Waals surface area contributed by atoms with E-state index in [0.717, 1.165) is 48.8 Å². The third kappa shape index (κ3) is 3.02. The molecule has 1 aromatic carbocycles. The molecule has 0 radical (unpaired) electrons. The molecule has 1 aliphatic carbocycles. The van der Waals surface area contributed by atoms with Gasteiger partial charge in [0, 0.05) is 31.1 Å². The van der Waals surface area contributed by atoms with Crippen molar-refractivity contribution < 1.29 is 9.32 Å². The first-order valence-corrected chi connectivity index (χ1v) is 10.5. The minimum absolute atomic E-state index is 0.00136. The largest absolute Gasteiger partial charge is 0.339 e. The number of hydrogen-bond acceptors (Lipinski definition) is 5. The molecule has 5 rings (SSSR count). The van der Waals surface area contributed by atoms with E-state index in [1.165, 1.54) is 0 Å². The quantitative estimate of drug-likeness (QED) is 0.673. The highest BCUT2D eigenvalue weighted by Crippen LogP contribution is 2.49. The van der Waals surface area contributed by atoms with Crippen LogP contribution in [0.25, 0.3) is 10.8 Å². The minimum Gasteiger partial charge on any atom is -0.339 e. The van der Waals surface area contributed by atoms with Crippen molar-refractivity contribution >= 4 is 16.7 Å². The molecule has 1 aliphatic heterocycles. The highest BCUT2D eigenvalue weighted by molar-refractivity contribution is 6.05. The van der Waals surface area contributed by atoms with Gasteiger partial charge in [-0.05, 0) is 36.1 Å². The highest BCUT2D eigenvalue weighted by Gasteiger charge is 2.54. The van der Waals surface area contributed by atoms with Crippen LogP contribution >= 0.6 is 0 Å². The topological polar surface area (TPSA) is 72.1 Å². The van der Waals surface area contributed by atoms with Crippen LogP contribution in [0, 0.1) is 11.8 Å². The van der Waals surface area contributed by atoms with Crippen LogP contribution in [-0.2, 0) is 11.8 Å². The number of aromatic nitrogens is 3. The number of pyridine rings is 1. The summed E-state index contributed by atoms with van der Waals surface area (Å²) >= 11 is 0. The number of rotatable bonds is 4. The SMILES string of the molecule is CC(C)Cc1nc([C@@]23CCC[C@@H]2CN(C(=O)c2nccc4ccccc24)C3)no1. The van der Waals surface area contributed by atoms with Crippen molar-refractivity contribution in [1.29, 1.82) is 0 Å². The van der Waals surface area contributed by atoms with Crippen molar-refractivity contribution in [2.75, 3.05) is 13.1 Å². The van der Waals surface area contributed by atoms with Crippen LogP contribution in [0.15, 0.2) is 41.1 Å². The third-order valence-corrected chi connectivity index (χ3v) is 6.53. The van der Waals surface area contributed by atoms with Crippen LogP contribution in [0.3, 0.4) is 0 Å². The van der Waals surface area contributed by atoms with Crippen LogP contribution in [0.4, 0.5) is 0 Å². The van der Waals surface area contributed by atoms with Gasteiger partial charge in [-0.2, -0.15) is 4.98 Å². The van der Waals surface area contributed by atoms with Gasteiger partial charge in [-0.1, -0.05) is 49.7 Å². The van der Waals surface area contributed by atoms with Crippen molar-refractivity contribution in [3.8, 4) is 0 Å². The van der Waals surface area contributed by atoms with Gasteiger partial charge in [0.15, 0.2) is 5.82 Å². The summed E-state index contributed by atoms with van der Waals surface area (Å²) in [6.45, 7) is 5.67. The molecule has 6 nitrogen and oxygen atoms in total. The summed E-state index contributed by atoms with van der Waals surface area (Å²) < 4.78 is 5.55. The Labute approximate surface area is 170 Å². The molecule has 2 aliphatic rings. The van der Waals surface area contributed by atoms with E-state index < -0.39 is 0 Å². The summed E-state index contributed by atoms with van der Waals surface area (Å²) in [5.74, 6) is 2.35. The Morgan fingerprint density at radius 1 is 1.31 bits per heavy atom. The van der Waals surface area contributed by atoms with E-state index in [9.17, 15) is 4.79 Å². The maximum absolute atomic E-state index is 13.4. The number of amides is 1. The van der Waals surface area contributed by atoms with Gasteiger partial charge in [-0.15, -0.1) is 0 Å². The molecule has 150 valence electrons. The molecule has 1 amide bonds. The molecule has 3 aromatic rings. The monoisotopic (exact) mass is 390 g/mol. The molecule has 0 unspecified atom stereocenters. The van der Waals surface area contributed by atoms with Crippen LogP contribution in [0.2, 0.25) is 0 Å². The first-order valence-electron chi connectivity index (χ1n) is 10.5. The maximum atomic E-state index is 13.4. The van der Waals surface area contributed by atoms with Gasteiger partial charge in [-0.3, -0.25) is 9.78 Å². The summed E-state index contributed by atoms with van der Waals surface area (Å²) in [6, 6.07) is 9.87. The van der Waals surface area contributed by atoms with E-state index in [2.05, 4.69) is 24.0 Å². The van der Waals surface area contributed by atoms with Gasteiger partial charge in [0.25, 0.3) is 5.91 Å². The lowest BCUT2D eigenvalue weighted by atomic mass is 9.80. The van der Waals surface area contributed by atoms with Gasteiger partial charge in [0.05, 0.1) is 5.41 Å². The summed E-state index contributed by atoms with van der Waals surface area (Å²) in [5.41, 5.74) is 0.353. The molecule has 0 bridgehead atoms. The Balaban J connectivity index is 1.45. The van der Waals surface area contributed by atoms with Gasteiger partial charge in [0.2, 0.25) is 5.89 Å².